The Hall–Kier alpha value is -0.953. The molecule has 1 aromatic carbocycles. The van der Waals surface area contributed by atoms with Gasteiger partial charge in [0, 0.05) is 13.6 Å². The van der Waals surface area contributed by atoms with Gasteiger partial charge in [0.25, 0.3) is 0 Å². The summed E-state index contributed by atoms with van der Waals surface area (Å²) in [5, 5.41) is 13.9. The molecular formula is C20H33LiN2O2. The van der Waals surface area contributed by atoms with Crippen LogP contribution in [0, 0.1) is 0 Å². The normalized spacial score (nSPS) is 19.7. The van der Waals surface area contributed by atoms with Crippen molar-refractivity contribution in [2.45, 2.75) is 71.4 Å². The first-order chi connectivity index (χ1) is 11.2. The average Bonchev–Trinajstić information content (AvgIpc) is 2.76. The maximum absolute atomic E-state index is 12.4. The second-order valence-corrected chi connectivity index (χ2v) is 7.20. The Bertz CT molecular complexity index is 524. The van der Waals surface area contributed by atoms with Gasteiger partial charge in [-0.25, -0.2) is 0 Å². The monoisotopic (exact) mass is 340 g/mol. The molecule has 1 fully saturated rings. The largest absolute Gasteiger partial charge is 1.00 e. The fourth-order valence-corrected chi connectivity index (χ4v) is 3.40. The first kappa shape index (κ1) is 24.0. The SMILES string of the molecule is CC(C)[N-]C(C)C.CCCC1(c2cccc(O)c2)CCN(C)C1=O.[Li+]. The van der Waals surface area contributed by atoms with E-state index in [1.807, 2.05) is 19.2 Å². The molecule has 1 heterocycles. The van der Waals surface area contributed by atoms with Crippen LogP contribution in [0.1, 0.15) is 59.4 Å². The molecule has 4 nitrogen and oxygen atoms in total. The van der Waals surface area contributed by atoms with E-state index in [9.17, 15) is 9.90 Å². The summed E-state index contributed by atoms with van der Waals surface area (Å²) in [6.45, 7) is 11.3. The van der Waals surface area contributed by atoms with Crippen LogP contribution in [0.2, 0.25) is 0 Å². The molecule has 1 amide bonds. The van der Waals surface area contributed by atoms with Gasteiger partial charge in [0.1, 0.15) is 5.75 Å². The molecule has 1 unspecified atom stereocenters. The van der Waals surface area contributed by atoms with Crippen molar-refractivity contribution >= 4 is 5.91 Å². The molecule has 0 saturated carbocycles. The molecule has 1 N–H and O–H groups in total. The van der Waals surface area contributed by atoms with E-state index in [0.717, 1.165) is 31.4 Å². The van der Waals surface area contributed by atoms with E-state index in [2.05, 4.69) is 39.9 Å². The molecule has 1 aromatic rings. The van der Waals surface area contributed by atoms with E-state index in [4.69, 9.17) is 0 Å². The van der Waals surface area contributed by atoms with Crippen molar-refractivity contribution in [1.29, 1.82) is 0 Å². The van der Waals surface area contributed by atoms with E-state index in [0.29, 0.717) is 12.1 Å². The zero-order valence-corrected chi connectivity index (χ0v) is 17.0. The molecule has 0 aliphatic carbocycles. The quantitative estimate of drug-likeness (QED) is 0.826. The zero-order chi connectivity index (χ0) is 18.3. The summed E-state index contributed by atoms with van der Waals surface area (Å²) in [7, 11) is 1.85. The van der Waals surface area contributed by atoms with Gasteiger partial charge < -0.3 is 15.3 Å². The van der Waals surface area contributed by atoms with Gasteiger partial charge in [-0.15, -0.1) is 12.1 Å². The van der Waals surface area contributed by atoms with Gasteiger partial charge in [-0.3, -0.25) is 4.79 Å². The molecule has 1 atom stereocenters. The summed E-state index contributed by atoms with van der Waals surface area (Å²) in [5.74, 6) is 0.422. The second-order valence-electron chi connectivity index (χ2n) is 7.20. The smallest absolute Gasteiger partial charge is 0.658 e. The minimum atomic E-state index is -0.414. The number of carbonyl (C=O) groups excluding carboxylic acids is 1. The van der Waals surface area contributed by atoms with Crippen molar-refractivity contribution in [1.82, 2.24) is 4.90 Å². The summed E-state index contributed by atoms with van der Waals surface area (Å²) in [4.78, 5) is 14.2. The zero-order valence-electron chi connectivity index (χ0n) is 17.0. The third kappa shape index (κ3) is 6.70. The fraction of sp³-hybridized carbons (Fsp3) is 0.650. The topological polar surface area (TPSA) is 54.6 Å². The maximum atomic E-state index is 12.4. The van der Waals surface area contributed by atoms with Crippen LogP contribution >= 0.6 is 0 Å². The number of amides is 1. The summed E-state index contributed by atoms with van der Waals surface area (Å²) >= 11 is 0. The van der Waals surface area contributed by atoms with Crippen LogP contribution in [0.15, 0.2) is 24.3 Å². The molecule has 0 aromatic heterocycles. The van der Waals surface area contributed by atoms with Crippen LogP contribution in [0.5, 0.6) is 5.75 Å². The van der Waals surface area contributed by atoms with Crippen LogP contribution in [0.4, 0.5) is 0 Å². The molecule has 1 aliphatic heterocycles. The molecule has 25 heavy (non-hydrogen) atoms. The molecule has 1 saturated heterocycles. The van der Waals surface area contributed by atoms with E-state index >= 15 is 0 Å². The molecule has 1 aliphatic rings. The third-order valence-electron chi connectivity index (χ3n) is 4.30. The van der Waals surface area contributed by atoms with Crippen molar-refractivity contribution in [3.63, 3.8) is 0 Å². The third-order valence-corrected chi connectivity index (χ3v) is 4.30. The molecule has 2 rings (SSSR count). The van der Waals surface area contributed by atoms with Crippen molar-refractivity contribution in [3.8, 4) is 5.75 Å². The second kappa shape index (κ2) is 10.9. The fourth-order valence-electron chi connectivity index (χ4n) is 3.40. The number of hydrogen-bond acceptors (Lipinski definition) is 2. The van der Waals surface area contributed by atoms with Crippen LogP contribution in [0.3, 0.4) is 0 Å². The summed E-state index contributed by atoms with van der Waals surface area (Å²) < 4.78 is 0. The number of phenolic OH excluding ortho intramolecular Hbond substituents is 1. The van der Waals surface area contributed by atoms with Gasteiger partial charge in [-0.1, -0.05) is 53.2 Å². The minimum absolute atomic E-state index is 0. The number of rotatable bonds is 5. The van der Waals surface area contributed by atoms with Crippen LogP contribution in [0.25, 0.3) is 5.32 Å². The Morgan fingerprint density at radius 3 is 2.20 bits per heavy atom. The minimum Gasteiger partial charge on any atom is -0.658 e. The van der Waals surface area contributed by atoms with Gasteiger partial charge in [-0.2, -0.15) is 0 Å². The van der Waals surface area contributed by atoms with Gasteiger partial charge in [0.15, 0.2) is 0 Å². The van der Waals surface area contributed by atoms with Crippen molar-refractivity contribution in [3.05, 3.63) is 35.1 Å². The van der Waals surface area contributed by atoms with E-state index in [1.54, 1.807) is 17.0 Å². The number of likely N-dealkylation sites (tertiary alicyclic amines) is 1. The predicted octanol–water partition coefficient (Wildman–Crippen LogP) is 1.47. The first-order valence-corrected chi connectivity index (χ1v) is 8.98. The van der Waals surface area contributed by atoms with E-state index < -0.39 is 5.41 Å². The van der Waals surface area contributed by atoms with Crippen LogP contribution in [-0.4, -0.2) is 41.6 Å². The summed E-state index contributed by atoms with van der Waals surface area (Å²) in [5.41, 5.74) is 0.538. The Morgan fingerprint density at radius 1 is 1.24 bits per heavy atom. The Balaban J connectivity index is 0.000000620. The van der Waals surface area contributed by atoms with Crippen molar-refractivity contribution in [2.24, 2.45) is 0 Å². The van der Waals surface area contributed by atoms with Crippen LogP contribution in [-0.2, 0) is 10.2 Å². The maximum Gasteiger partial charge on any atom is 1.00 e. The van der Waals surface area contributed by atoms with Gasteiger partial charge in [0.2, 0.25) is 5.91 Å². The predicted molar refractivity (Wildman–Crippen MR) is 101 cm³/mol. The number of likely N-dealkylation sites (N-methyl/N-ethyl adjacent to an activating group) is 1. The number of hydrogen-bond donors (Lipinski definition) is 1. The van der Waals surface area contributed by atoms with Gasteiger partial charge >= 0.3 is 18.9 Å². The Morgan fingerprint density at radius 2 is 1.84 bits per heavy atom. The van der Waals surface area contributed by atoms with Crippen LogP contribution < -0.4 is 18.9 Å². The number of nitrogens with zero attached hydrogens (tertiary/aromatic N) is 2. The number of phenols is 1. The Kier molecular flexibility index (Phi) is 10.5. The summed E-state index contributed by atoms with van der Waals surface area (Å²) in [6, 6.07) is 8.14. The number of aromatic hydroxyl groups is 1. The molecule has 5 heteroatoms. The number of benzene rings is 1. The van der Waals surface area contributed by atoms with Crippen molar-refractivity contribution in [2.75, 3.05) is 13.6 Å². The summed E-state index contributed by atoms with van der Waals surface area (Å²) in [6.07, 6.45) is 2.66. The molecule has 0 radical (unpaired) electrons. The standard InChI is InChI=1S/C14H19NO2.C6H14N.Li/c1-3-7-14(8-9-15(2)13(14)17)11-5-4-6-12(16)10-11;1-5(2)7-6(3)4;/h4-6,10,16H,3,7-9H2,1-2H3;5-6H,1-4H3;/q;-1;+1. The molecule has 0 bridgehead atoms. The van der Waals surface area contributed by atoms with Crippen molar-refractivity contribution < 1.29 is 28.8 Å². The van der Waals surface area contributed by atoms with E-state index in [-0.39, 0.29) is 30.5 Å². The number of carbonyl (C=O) groups is 1. The first-order valence-electron chi connectivity index (χ1n) is 8.98. The molecule has 136 valence electrons. The molecule has 0 spiro atoms. The van der Waals surface area contributed by atoms with Gasteiger partial charge in [0.05, 0.1) is 5.41 Å². The van der Waals surface area contributed by atoms with E-state index in [1.165, 1.54) is 0 Å². The Labute approximate surface area is 165 Å². The molecular weight excluding hydrogens is 307 g/mol. The van der Waals surface area contributed by atoms with Gasteiger partial charge in [-0.05, 0) is 30.5 Å². The average molecular weight is 340 g/mol.